The predicted molar refractivity (Wildman–Crippen MR) is 108 cm³/mol. The molecule has 0 atom stereocenters. The van der Waals surface area contributed by atoms with E-state index in [2.05, 4.69) is 71.1 Å². The van der Waals surface area contributed by atoms with Gasteiger partial charge in [-0.15, -0.1) is 0 Å². The van der Waals surface area contributed by atoms with Gasteiger partial charge in [0.15, 0.2) is 0 Å². The number of benzene rings is 1. The molecule has 0 bridgehead atoms. The van der Waals surface area contributed by atoms with Gasteiger partial charge in [-0.25, -0.2) is 0 Å². The third-order valence-electron chi connectivity index (χ3n) is 6.21. The molecule has 1 aromatic carbocycles. The second kappa shape index (κ2) is 7.07. The molecule has 26 heavy (non-hydrogen) atoms. The number of hydrogen-bond acceptors (Lipinski definition) is 3. The number of aryl methyl sites for hydroxylation is 3. The van der Waals surface area contributed by atoms with E-state index in [-0.39, 0.29) is 0 Å². The summed E-state index contributed by atoms with van der Waals surface area (Å²) in [7, 11) is 0. The molecule has 0 spiro atoms. The van der Waals surface area contributed by atoms with E-state index in [1.807, 2.05) is 0 Å². The van der Waals surface area contributed by atoms with Crippen molar-refractivity contribution in [3.8, 4) is 0 Å². The van der Waals surface area contributed by atoms with Crippen LogP contribution in [0, 0.1) is 26.2 Å². The Labute approximate surface area is 157 Å². The number of piperidine rings is 1. The van der Waals surface area contributed by atoms with Crippen LogP contribution in [0.1, 0.15) is 42.6 Å². The largest absolute Gasteiger partial charge is 0.371 e. The van der Waals surface area contributed by atoms with E-state index in [0.717, 1.165) is 31.9 Å². The van der Waals surface area contributed by atoms with E-state index < -0.39 is 0 Å². The summed E-state index contributed by atoms with van der Waals surface area (Å²) in [5.74, 6) is 0. The molecule has 140 valence electrons. The van der Waals surface area contributed by atoms with E-state index in [9.17, 15) is 0 Å². The first-order valence-corrected chi connectivity index (χ1v) is 10.1. The van der Waals surface area contributed by atoms with Gasteiger partial charge in [-0.1, -0.05) is 17.7 Å². The van der Waals surface area contributed by atoms with Crippen LogP contribution in [0.5, 0.6) is 0 Å². The molecule has 1 aromatic heterocycles. The maximum atomic E-state index is 4.66. The van der Waals surface area contributed by atoms with Crippen molar-refractivity contribution < 1.29 is 0 Å². The van der Waals surface area contributed by atoms with Gasteiger partial charge in [0.1, 0.15) is 0 Å². The maximum Gasteiger partial charge on any atom is 0.0596 e. The molecule has 2 aliphatic rings. The number of anilines is 1. The molecule has 0 amide bonds. The fourth-order valence-corrected chi connectivity index (χ4v) is 4.18. The van der Waals surface area contributed by atoms with Crippen molar-refractivity contribution in [3.63, 3.8) is 0 Å². The van der Waals surface area contributed by atoms with Gasteiger partial charge in [-0.05, 0) is 64.7 Å². The minimum Gasteiger partial charge on any atom is -0.371 e. The normalized spacial score (nSPS) is 19.7. The Morgan fingerprint density at radius 2 is 1.77 bits per heavy atom. The van der Waals surface area contributed by atoms with Crippen molar-refractivity contribution in [3.05, 3.63) is 47.3 Å². The molecular formula is C22H32N4. The lowest BCUT2D eigenvalue weighted by Crippen LogP contribution is -2.44. The number of aromatic nitrogens is 2. The molecule has 4 heteroatoms. The van der Waals surface area contributed by atoms with Crippen LogP contribution in [0.2, 0.25) is 0 Å². The van der Waals surface area contributed by atoms with E-state index >= 15 is 0 Å². The molecule has 1 aliphatic heterocycles. The molecule has 4 rings (SSSR count). The highest BCUT2D eigenvalue weighted by atomic mass is 15.3. The van der Waals surface area contributed by atoms with E-state index in [0.29, 0.717) is 11.5 Å². The molecule has 0 radical (unpaired) electrons. The molecule has 4 nitrogen and oxygen atoms in total. The standard InChI is InChI=1S/C22H32N4/c1-17-4-6-21(7-5-17)25-12-8-20(9-13-25)23-15-22(10-11-22)16-26-19(3)14-18(2)24-26/h4-7,14,20,23H,8-13,15-16H2,1-3H3. The molecular weight excluding hydrogens is 320 g/mol. The maximum absolute atomic E-state index is 4.66. The second-order valence-electron chi connectivity index (χ2n) is 8.56. The van der Waals surface area contributed by atoms with Crippen LogP contribution < -0.4 is 10.2 Å². The molecule has 2 aromatic rings. The van der Waals surface area contributed by atoms with Crippen LogP contribution in [-0.4, -0.2) is 35.5 Å². The average Bonchev–Trinajstić information content (AvgIpc) is 3.33. The molecule has 1 N–H and O–H groups in total. The SMILES string of the molecule is Cc1ccc(N2CCC(NCC3(Cn4nc(C)cc4C)CC3)CC2)cc1. The Kier molecular flexibility index (Phi) is 4.78. The van der Waals surface area contributed by atoms with Crippen molar-refractivity contribution in [2.24, 2.45) is 5.41 Å². The highest BCUT2D eigenvalue weighted by molar-refractivity contribution is 5.47. The van der Waals surface area contributed by atoms with Gasteiger partial charge >= 0.3 is 0 Å². The van der Waals surface area contributed by atoms with E-state index in [4.69, 9.17) is 0 Å². The number of nitrogens with zero attached hydrogens (tertiary/aromatic N) is 3. The van der Waals surface area contributed by atoms with Gasteiger partial charge in [-0.3, -0.25) is 4.68 Å². The zero-order valence-electron chi connectivity index (χ0n) is 16.5. The van der Waals surface area contributed by atoms with Crippen molar-refractivity contribution >= 4 is 5.69 Å². The van der Waals surface area contributed by atoms with Gasteiger partial charge in [0.25, 0.3) is 0 Å². The van der Waals surface area contributed by atoms with Gasteiger partial charge in [0, 0.05) is 49.0 Å². The van der Waals surface area contributed by atoms with E-state index in [1.165, 1.54) is 42.6 Å². The minimum absolute atomic E-state index is 0.442. The summed E-state index contributed by atoms with van der Waals surface area (Å²) in [4.78, 5) is 2.53. The fraction of sp³-hybridized carbons (Fsp3) is 0.591. The van der Waals surface area contributed by atoms with Gasteiger partial charge in [0.2, 0.25) is 0 Å². The first kappa shape index (κ1) is 17.6. The zero-order valence-corrected chi connectivity index (χ0v) is 16.5. The second-order valence-corrected chi connectivity index (χ2v) is 8.56. The van der Waals surface area contributed by atoms with E-state index in [1.54, 1.807) is 0 Å². The highest BCUT2D eigenvalue weighted by Crippen LogP contribution is 2.46. The molecule has 1 aliphatic carbocycles. The summed E-state index contributed by atoms with van der Waals surface area (Å²) in [5, 5.41) is 8.55. The Morgan fingerprint density at radius 1 is 1.08 bits per heavy atom. The van der Waals surface area contributed by atoms with Gasteiger partial charge < -0.3 is 10.2 Å². The van der Waals surface area contributed by atoms with Crippen molar-refractivity contribution in [2.75, 3.05) is 24.5 Å². The number of nitrogens with one attached hydrogen (secondary N) is 1. The number of hydrogen-bond donors (Lipinski definition) is 1. The Hall–Kier alpha value is -1.81. The van der Waals surface area contributed by atoms with Gasteiger partial charge in [-0.2, -0.15) is 5.10 Å². The molecule has 1 saturated heterocycles. The summed E-state index contributed by atoms with van der Waals surface area (Å²) < 4.78 is 2.21. The third-order valence-corrected chi connectivity index (χ3v) is 6.21. The lowest BCUT2D eigenvalue weighted by Gasteiger charge is -2.35. The lowest BCUT2D eigenvalue weighted by atomic mass is 10.0. The molecule has 0 unspecified atom stereocenters. The highest BCUT2D eigenvalue weighted by Gasteiger charge is 2.43. The summed E-state index contributed by atoms with van der Waals surface area (Å²) >= 11 is 0. The van der Waals surface area contributed by atoms with Crippen LogP contribution in [0.15, 0.2) is 30.3 Å². The Bertz CT molecular complexity index is 734. The minimum atomic E-state index is 0.442. The summed E-state index contributed by atoms with van der Waals surface area (Å²) in [6.45, 7) is 10.9. The molecule has 1 saturated carbocycles. The third kappa shape index (κ3) is 3.96. The number of rotatable bonds is 6. The van der Waals surface area contributed by atoms with Gasteiger partial charge in [0.05, 0.1) is 5.69 Å². The first-order chi connectivity index (χ1) is 12.5. The molecule has 2 heterocycles. The van der Waals surface area contributed by atoms with Crippen LogP contribution >= 0.6 is 0 Å². The van der Waals surface area contributed by atoms with Crippen LogP contribution in [0.25, 0.3) is 0 Å². The zero-order chi connectivity index (χ0) is 18.1. The van der Waals surface area contributed by atoms with Crippen LogP contribution in [0.3, 0.4) is 0 Å². The quantitative estimate of drug-likeness (QED) is 0.857. The summed E-state index contributed by atoms with van der Waals surface area (Å²) in [6, 6.07) is 11.8. The van der Waals surface area contributed by atoms with Crippen molar-refractivity contribution in [1.82, 2.24) is 15.1 Å². The first-order valence-electron chi connectivity index (χ1n) is 10.1. The molecule has 2 fully saturated rings. The van der Waals surface area contributed by atoms with Crippen molar-refractivity contribution in [1.29, 1.82) is 0 Å². The van der Waals surface area contributed by atoms with Crippen LogP contribution in [-0.2, 0) is 6.54 Å². The lowest BCUT2D eigenvalue weighted by molar-refractivity contribution is 0.325. The monoisotopic (exact) mass is 352 g/mol. The average molecular weight is 353 g/mol. The smallest absolute Gasteiger partial charge is 0.0596 e. The summed E-state index contributed by atoms with van der Waals surface area (Å²) in [5.41, 5.74) is 5.58. The summed E-state index contributed by atoms with van der Waals surface area (Å²) in [6.07, 6.45) is 5.15. The Balaban J connectivity index is 1.26. The van der Waals surface area contributed by atoms with Crippen LogP contribution in [0.4, 0.5) is 5.69 Å². The Morgan fingerprint density at radius 3 is 2.35 bits per heavy atom. The predicted octanol–water partition coefficient (Wildman–Crippen LogP) is 3.85. The fourth-order valence-electron chi connectivity index (χ4n) is 4.18. The van der Waals surface area contributed by atoms with Crippen molar-refractivity contribution in [2.45, 2.75) is 59.0 Å². The topological polar surface area (TPSA) is 33.1 Å².